The van der Waals surface area contributed by atoms with Gasteiger partial charge in [0.1, 0.15) is 12.3 Å². The second kappa shape index (κ2) is 11.8. The van der Waals surface area contributed by atoms with Crippen molar-refractivity contribution in [2.45, 2.75) is 72.1 Å². The van der Waals surface area contributed by atoms with E-state index < -0.39 is 7.26 Å². The Morgan fingerprint density at radius 2 is 1.64 bits per heavy atom. The van der Waals surface area contributed by atoms with Crippen molar-refractivity contribution in [1.29, 1.82) is 0 Å². The van der Waals surface area contributed by atoms with Crippen LogP contribution in [0.5, 0.6) is 0 Å². The first-order chi connectivity index (χ1) is 15.8. The highest BCUT2D eigenvalue weighted by Crippen LogP contribution is 2.67. The molecule has 1 amide bonds. The lowest BCUT2D eigenvalue weighted by Gasteiger charge is -2.36. The van der Waals surface area contributed by atoms with Crippen molar-refractivity contribution < 1.29 is 14.3 Å². The van der Waals surface area contributed by atoms with Crippen molar-refractivity contribution in [3.63, 3.8) is 0 Å². The van der Waals surface area contributed by atoms with Crippen molar-refractivity contribution in [1.82, 2.24) is 0 Å². The number of amides is 1. The smallest absolute Gasteiger partial charge is 0.344 e. The Morgan fingerprint density at radius 1 is 1.00 bits per heavy atom. The van der Waals surface area contributed by atoms with Crippen LogP contribution >= 0.6 is 7.26 Å². The molecule has 0 aliphatic carbocycles. The zero-order valence-electron chi connectivity index (χ0n) is 20.7. The molecule has 1 atom stereocenters. The molecule has 2 aromatic carbocycles. The number of esters is 1. The number of ether oxygens (including phenoxy) is 1. The van der Waals surface area contributed by atoms with Gasteiger partial charge in [-0.3, -0.25) is 4.79 Å². The summed E-state index contributed by atoms with van der Waals surface area (Å²) in [4.78, 5) is 26.7. The molecule has 33 heavy (non-hydrogen) atoms. The third kappa shape index (κ3) is 6.67. The lowest BCUT2D eigenvalue weighted by molar-refractivity contribution is -0.141. The predicted molar refractivity (Wildman–Crippen MR) is 140 cm³/mol. The summed E-state index contributed by atoms with van der Waals surface area (Å²) in [6.45, 7) is 8.62. The fourth-order valence-electron chi connectivity index (χ4n) is 5.27. The Kier molecular flexibility index (Phi) is 9.09. The highest BCUT2D eigenvalue weighted by molar-refractivity contribution is 7.78. The Hall–Kier alpha value is -2.19. The molecule has 1 heterocycles. The average Bonchev–Trinajstić information content (AvgIpc) is 2.79. The summed E-state index contributed by atoms with van der Waals surface area (Å²) < 4.78 is 5.69. The minimum Gasteiger partial charge on any atom is -0.458 e. The molecule has 1 unspecified atom stereocenters. The van der Waals surface area contributed by atoms with Gasteiger partial charge in [0.15, 0.2) is 6.16 Å². The first-order valence-corrected chi connectivity index (χ1v) is 14.7. The normalized spacial score (nSPS) is 16.1. The maximum atomic E-state index is 13.7. The molecule has 1 aliphatic rings. The summed E-state index contributed by atoms with van der Waals surface area (Å²) >= 11 is 0. The van der Waals surface area contributed by atoms with Gasteiger partial charge in [-0.15, -0.1) is 0 Å². The molecule has 0 spiro atoms. The maximum Gasteiger partial charge on any atom is 0.344 e. The lowest BCUT2D eigenvalue weighted by atomic mass is 10.0. The van der Waals surface area contributed by atoms with Gasteiger partial charge in [-0.25, -0.2) is 4.79 Å². The van der Waals surface area contributed by atoms with Crippen LogP contribution in [0.25, 0.3) is 0 Å². The van der Waals surface area contributed by atoms with Crippen molar-refractivity contribution >= 4 is 24.8 Å². The van der Waals surface area contributed by atoms with Crippen LogP contribution in [0.3, 0.4) is 0 Å². The van der Waals surface area contributed by atoms with Crippen LogP contribution < -0.4 is 5.32 Å². The van der Waals surface area contributed by atoms with Crippen molar-refractivity contribution in [2.24, 2.45) is 0 Å². The largest absolute Gasteiger partial charge is 0.458 e. The fraction of sp³-hybridized carbons (Fsp3) is 0.500. The summed E-state index contributed by atoms with van der Waals surface area (Å²) in [6, 6.07) is 14.0. The Labute approximate surface area is 199 Å². The van der Waals surface area contributed by atoms with E-state index in [1.54, 1.807) is 0 Å². The molecule has 1 saturated heterocycles. The first kappa shape index (κ1) is 25.4. The van der Waals surface area contributed by atoms with Gasteiger partial charge in [-0.1, -0.05) is 61.4 Å². The third-order valence-electron chi connectivity index (χ3n) is 6.84. The van der Waals surface area contributed by atoms with Gasteiger partial charge in [0.25, 0.3) is 5.91 Å². The molecule has 0 bridgehead atoms. The molecule has 4 nitrogen and oxygen atoms in total. The molecule has 0 aromatic heterocycles. The SMILES string of the molecule is CCCC(C(=O)Nc1c(C)cc(C)cc1C)[P+]1(CC(=O)OCc2ccccc2)CCCCC1. The van der Waals surface area contributed by atoms with E-state index >= 15 is 0 Å². The zero-order chi connectivity index (χ0) is 23.8. The fourth-order valence-corrected chi connectivity index (χ4v) is 10.3. The molecule has 1 N–H and O–H groups in total. The number of carbonyl (C=O) groups is 2. The van der Waals surface area contributed by atoms with Crippen LogP contribution in [-0.4, -0.2) is 36.0 Å². The number of benzene rings is 2. The van der Waals surface area contributed by atoms with Crippen LogP contribution in [0.15, 0.2) is 42.5 Å². The number of hydrogen-bond acceptors (Lipinski definition) is 3. The first-order valence-electron chi connectivity index (χ1n) is 12.3. The number of hydrogen-bond donors (Lipinski definition) is 1. The van der Waals surface area contributed by atoms with Gasteiger partial charge in [-0.2, -0.15) is 0 Å². The van der Waals surface area contributed by atoms with E-state index in [4.69, 9.17) is 4.74 Å². The number of nitrogens with one attached hydrogen (secondary N) is 1. The summed E-state index contributed by atoms with van der Waals surface area (Å²) in [6.07, 6.45) is 7.61. The Balaban J connectivity index is 1.79. The van der Waals surface area contributed by atoms with Crippen LogP contribution in [0.1, 0.15) is 61.3 Å². The molecular weight excluding hydrogens is 429 g/mol. The molecule has 1 fully saturated rings. The standard InChI is InChI=1S/C28H38NO3P/c1-5-12-25(28(31)29-27-22(3)17-21(2)18-23(27)4)33(15-10-7-11-16-33)20-26(30)32-19-24-13-8-6-9-14-24/h6,8-9,13-14,17-18,25H,5,7,10-12,15-16,19-20H2,1-4H3/p+1. The van der Waals surface area contributed by atoms with Crippen LogP contribution in [-0.2, 0) is 20.9 Å². The molecule has 2 aromatic rings. The van der Waals surface area contributed by atoms with Gasteiger partial charge in [0, 0.05) is 12.9 Å². The van der Waals surface area contributed by atoms with Crippen molar-refractivity contribution in [3.05, 3.63) is 64.7 Å². The van der Waals surface area contributed by atoms with E-state index in [9.17, 15) is 9.59 Å². The minimum atomic E-state index is -1.81. The quantitative estimate of drug-likeness (QED) is 0.331. The van der Waals surface area contributed by atoms with Gasteiger partial charge in [-0.05, 0) is 63.1 Å². The van der Waals surface area contributed by atoms with E-state index in [-0.39, 0.29) is 17.5 Å². The van der Waals surface area contributed by atoms with E-state index in [2.05, 4.69) is 45.1 Å². The average molecular weight is 469 g/mol. The summed E-state index contributed by atoms with van der Waals surface area (Å²) in [7, 11) is -1.81. The molecule has 0 saturated carbocycles. The molecular formula is C28H39NO3P+. The number of rotatable bonds is 9. The summed E-state index contributed by atoms with van der Waals surface area (Å²) in [5.41, 5.74) is 5.21. The zero-order valence-corrected chi connectivity index (χ0v) is 21.5. The van der Waals surface area contributed by atoms with Crippen LogP contribution in [0.2, 0.25) is 0 Å². The summed E-state index contributed by atoms with van der Waals surface area (Å²) in [5.74, 6) is -0.0521. The van der Waals surface area contributed by atoms with E-state index in [0.717, 1.165) is 60.4 Å². The molecule has 3 rings (SSSR count). The van der Waals surface area contributed by atoms with Crippen molar-refractivity contribution in [3.8, 4) is 0 Å². The third-order valence-corrected chi connectivity index (χ3v) is 12.0. The number of anilines is 1. The number of carbonyl (C=O) groups excluding carboxylic acids is 2. The van der Waals surface area contributed by atoms with Crippen LogP contribution in [0.4, 0.5) is 5.69 Å². The van der Waals surface area contributed by atoms with E-state index in [1.807, 2.05) is 30.3 Å². The van der Waals surface area contributed by atoms with Crippen LogP contribution in [0, 0.1) is 20.8 Å². The second-order valence-electron chi connectivity index (χ2n) is 9.60. The highest BCUT2D eigenvalue weighted by Gasteiger charge is 2.51. The highest BCUT2D eigenvalue weighted by atomic mass is 31.2. The monoisotopic (exact) mass is 468 g/mol. The number of aryl methyl sites for hydroxylation is 3. The van der Waals surface area contributed by atoms with E-state index in [0.29, 0.717) is 12.8 Å². The molecule has 0 radical (unpaired) electrons. The Bertz CT molecular complexity index is 928. The Morgan fingerprint density at radius 3 is 2.24 bits per heavy atom. The van der Waals surface area contributed by atoms with E-state index in [1.165, 1.54) is 12.0 Å². The topological polar surface area (TPSA) is 55.4 Å². The minimum absolute atomic E-state index is 0.0906. The molecule has 1 aliphatic heterocycles. The lowest BCUT2D eigenvalue weighted by Crippen LogP contribution is -2.37. The van der Waals surface area contributed by atoms with Crippen molar-refractivity contribution in [2.75, 3.05) is 23.8 Å². The maximum absolute atomic E-state index is 13.7. The van der Waals surface area contributed by atoms with Gasteiger partial charge in [0.05, 0.1) is 12.3 Å². The summed E-state index contributed by atoms with van der Waals surface area (Å²) in [5, 5.41) is 3.28. The predicted octanol–water partition coefficient (Wildman–Crippen LogP) is 6.66. The molecule has 178 valence electrons. The second-order valence-corrected chi connectivity index (χ2v) is 13.9. The van der Waals surface area contributed by atoms with Gasteiger partial charge >= 0.3 is 5.97 Å². The molecule has 5 heteroatoms. The van der Waals surface area contributed by atoms with Gasteiger partial charge in [0.2, 0.25) is 0 Å². The van der Waals surface area contributed by atoms with Gasteiger partial charge < -0.3 is 10.1 Å².